The van der Waals surface area contributed by atoms with E-state index >= 15 is 0 Å². The second-order valence-corrected chi connectivity index (χ2v) is 6.09. The van der Waals surface area contributed by atoms with Crippen molar-refractivity contribution in [3.8, 4) is 0 Å². The molecule has 5 heteroatoms. The molecule has 0 spiro atoms. The van der Waals surface area contributed by atoms with Gasteiger partial charge in [-0.3, -0.25) is 4.68 Å². The Morgan fingerprint density at radius 1 is 1.50 bits per heavy atom. The molecule has 5 nitrogen and oxygen atoms in total. The Balaban J connectivity index is 1.92. The Labute approximate surface area is 120 Å². The molecule has 0 saturated heterocycles. The Morgan fingerprint density at radius 3 is 2.90 bits per heavy atom. The fourth-order valence-corrected chi connectivity index (χ4v) is 3.33. The highest BCUT2D eigenvalue weighted by Crippen LogP contribution is 2.30. The lowest BCUT2D eigenvalue weighted by atomic mass is 9.81. The molecule has 112 valence electrons. The lowest BCUT2D eigenvalue weighted by Crippen LogP contribution is -2.18. The number of nitrogens with one attached hydrogen (secondary N) is 1. The molecule has 1 heterocycles. The first-order chi connectivity index (χ1) is 9.49. The van der Waals surface area contributed by atoms with E-state index in [1.807, 2.05) is 0 Å². The van der Waals surface area contributed by atoms with Gasteiger partial charge in [-0.15, -0.1) is 0 Å². The lowest BCUT2D eigenvalue weighted by Gasteiger charge is -2.26. The summed E-state index contributed by atoms with van der Waals surface area (Å²) in [5, 5.41) is 16.7. The summed E-state index contributed by atoms with van der Waals surface area (Å²) in [7, 11) is 1.78. The predicted octanol–water partition coefficient (Wildman–Crippen LogP) is 3.06. The van der Waals surface area contributed by atoms with Crippen LogP contribution in [-0.2, 0) is 7.05 Å². The van der Waals surface area contributed by atoms with Gasteiger partial charge in [0.2, 0.25) is 0 Å². The number of rotatable bonds is 5. The fraction of sp³-hybridized carbons (Fsp3) is 0.733. The highest BCUT2D eigenvalue weighted by molar-refractivity contribution is 5.94. The van der Waals surface area contributed by atoms with E-state index in [0.29, 0.717) is 17.1 Å². The molecular formula is C15H25N3O2. The largest absolute Gasteiger partial charge is 0.477 e. The van der Waals surface area contributed by atoms with Crippen molar-refractivity contribution < 1.29 is 9.90 Å². The third-order valence-corrected chi connectivity index (χ3v) is 4.33. The standard InChI is InChI=1S/C15H25N3O2/c1-10-5-4-6-12(9-10)7-8-16-14-13(15(19)20)11(2)17-18(14)3/h10,12,16H,4-9H2,1-3H3,(H,19,20). The van der Waals surface area contributed by atoms with Crippen LogP contribution < -0.4 is 5.32 Å². The van der Waals surface area contributed by atoms with Crippen LogP contribution in [0.3, 0.4) is 0 Å². The summed E-state index contributed by atoms with van der Waals surface area (Å²) in [6.07, 6.45) is 6.40. The third kappa shape index (κ3) is 3.32. The Hall–Kier alpha value is -1.52. The molecule has 1 fully saturated rings. The van der Waals surface area contributed by atoms with Gasteiger partial charge in [0.05, 0.1) is 5.69 Å². The second-order valence-electron chi connectivity index (χ2n) is 6.09. The highest BCUT2D eigenvalue weighted by Gasteiger charge is 2.21. The van der Waals surface area contributed by atoms with E-state index in [1.165, 1.54) is 25.7 Å². The van der Waals surface area contributed by atoms with E-state index in [1.54, 1.807) is 18.7 Å². The van der Waals surface area contributed by atoms with Crippen molar-refractivity contribution in [1.29, 1.82) is 0 Å². The third-order valence-electron chi connectivity index (χ3n) is 4.33. The van der Waals surface area contributed by atoms with Crippen molar-refractivity contribution in [2.24, 2.45) is 18.9 Å². The first kappa shape index (κ1) is 14.9. The average molecular weight is 279 g/mol. The van der Waals surface area contributed by atoms with Crippen LogP contribution in [0.1, 0.15) is 55.1 Å². The summed E-state index contributed by atoms with van der Waals surface area (Å²) in [5.41, 5.74) is 0.860. The lowest BCUT2D eigenvalue weighted by molar-refractivity contribution is 0.0697. The average Bonchev–Trinajstić information content (AvgIpc) is 2.64. The number of nitrogens with zero attached hydrogens (tertiary/aromatic N) is 2. The molecule has 1 aliphatic rings. The van der Waals surface area contributed by atoms with Gasteiger partial charge in [0.15, 0.2) is 0 Å². The smallest absolute Gasteiger partial charge is 0.341 e. The van der Waals surface area contributed by atoms with Crippen LogP contribution in [0.5, 0.6) is 0 Å². The van der Waals surface area contributed by atoms with E-state index < -0.39 is 5.97 Å². The zero-order valence-corrected chi connectivity index (χ0v) is 12.6. The van der Waals surface area contributed by atoms with Crippen LogP contribution in [0.4, 0.5) is 5.82 Å². The molecular weight excluding hydrogens is 254 g/mol. The molecule has 1 aliphatic carbocycles. The number of anilines is 1. The first-order valence-electron chi connectivity index (χ1n) is 7.49. The molecule has 2 rings (SSSR count). The quantitative estimate of drug-likeness (QED) is 0.869. The molecule has 0 bridgehead atoms. The molecule has 1 saturated carbocycles. The predicted molar refractivity (Wildman–Crippen MR) is 79.1 cm³/mol. The maximum atomic E-state index is 11.3. The van der Waals surface area contributed by atoms with Crippen molar-refractivity contribution >= 4 is 11.8 Å². The number of hydrogen-bond acceptors (Lipinski definition) is 3. The maximum absolute atomic E-state index is 11.3. The normalized spacial score (nSPS) is 22.8. The van der Waals surface area contributed by atoms with E-state index in [0.717, 1.165) is 24.8 Å². The van der Waals surface area contributed by atoms with Crippen molar-refractivity contribution in [2.75, 3.05) is 11.9 Å². The summed E-state index contributed by atoms with van der Waals surface area (Å²) in [5.74, 6) is 1.32. The second kappa shape index (κ2) is 6.29. The minimum atomic E-state index is -0.913. The summed E-state index contributed by atoms with van der Waals surface area (Å²) in [6.45, 7) is 4.88. The van der Waals surface area contributed by atoms with Crippen LogP contribution in [0.15, 0.2) is 0 Å². The summed E-state index contributed by atoms with van der Waals surface area (Å²) in [6, 6.07) is 0. The van der Waals surface area contributed by atoms with Gasteiger partial charge in [-0.05, 0) is 31.6 Å². The molecule has 20 heavy (non-hydrogen) atoms. The molecule has 0 aromatic carbocycles. The molecule has 0 aliphatic heterocycles. The van der Waals surface area contributed by atoms with Crippen molar-refractivity contribution in [3.05, 3.63) is 11.3 Å². The van der Waals surface area contributed by atoms with Crippen LogP contribution in [-0.4, -0.2) is 27.4 Å². The minimum absolute atomic E-state index is 0.296. The SMILES string of the molecule is Cc1nn(C)c(NCCC2CCCC(C)C2)c1C(=O)O. The molecule has 2 unspecified atom stereocenters. The number of carboxylic acids is 1. The number of aryl methyl sites for hydroxylation is 2. The van der Waals surface area contributed by atoms with E-state index in [2.05, 4.69) is 17.3 Å². The molecule has 0 amide bonds. The van der Waals surface area contributed by atoms with Gasteiger partial charge in [0.25, 0.3) is 0 Å². The Kier molecular flexibility index (Phi) is 4.68. The number of aromatic nitrogens is 2. The van der Waals surface area contributed by atoms with E-state index in [9.17, 15) is 9.90 Å². The molecule has 1 aromatic heterocycles. The zero-order chi connectivity index (χ0) is 14.7. The fourth-order valence-electron chi connectivity index (χ4n) is 3.33. The molecule has 0 radical (unpaired) electrons. The van der Waals surface area contributed by atoms with Crippen molar-refractivity contribution in [3.63, 3.8) is 0 Å². The number of carboxylic acid groups (broad SMARTS) is 1. The van der Waals surface area contributed by atoms with Crippen LogP contribution in [0.2, 0.25) is 0 Å². The first-order valence-corrected chi connectivity index (χ1v) is 7.49. The van der Waals surface area contributed by atoms with Gasteiger partial charge in [0, 0.05) is 13.6 Å². The maximum Gasteiger partial charge on any atom is 0.341 e. The Morgan fingerprint density at radius 2 is 2.25 bits per heavy atom. The highest BCUT2D eigenvalue weighted by atomic mass is 16.4. The molecule has 2 atom stereocenters. The summed E-state index contributed by atoms with van der Waals surface area (Å²) < 4.78 is 1.63. The topological polar surface area (TPSA) is 67.2 Å². The number of hydrogen-bond donors (Lipinski definition) is 2. The summed E-state index contributed by atoms with van der Waals surface area (Å²) in [4.78, 5) is 11.3. The minimum Gasteiger partial charge on any atom is -0.477 e. The van der Waals surface area contributed by atoms with Gasteiger partial charge in [0.1, 0.15) is 11.4 Å². The van der Waals surface area contributed by atoms with Gasteiger partial charge < -0.3 is 10.4 Å². The summed E-state index contributed by atoms with van der Waals surface area (Å²) >= 11 is 0. The Bertz CT molecular complexity index is 482. The van der Waals surface area contributed by atoms with Crippen molar-refractivity contribution in [1.82, 2.24) is 9.78 Å². The zero-order valence-electron chi connectivity index (χ0n) is 12.6. The van der Waals surface area contributed by atoms with Crippen LogP contribution >= 0.6 is 0 Å². The van der Waals surface area contributed by atoms with Gasteiger partial charge in [-0.25, -0.2) is 4.79 Å². The van der Waals surface area contributed by atoms with Gasteiger partial charge in [-0.1, -0.05) is 26.2 Å². The molecule has 2 N–H and O–H groups in total. The monoisotopic (exact) mass is 279 g/mol. The molecule has 1 aromatic rings. The van der Waals surface area contributed by atoms with Gasteiger partial charge in [-0.2, -0.15) is 5.10 Å². The van der Waals surface area contributed by atoms with E-state index in [4.69, 9.17) is 0 Å². The van der Waals surface area contributed by atoms with Gasteiger partial charge >= 0.3 is 5.97 Å². The van der Waals surface area contributed by atoms with E-state index in [-0.39, 0.29) is 0 Å². The van der Waals surface area contributed by atoms with Crippen molar-refractivity contribution in [2.45, 2.75) is 46.0 Å². The van der Waals surface area contributed by atoms with Crippen LogP contribution in [0.25, 0.3) is 0 Å². The number of carbonyl (C=O) groups is 1. The number of aromatic carboxylic acids is 1. The van der Waals surface area contributed by atoms with Crippen LogP contribution in [0, 0.1) is 18.8 Å².